The summed E-state index contributed by atoms with van der Waals surface area (Å²) in [6.07, 6.45) is -4.48. The van der Waals surface area contributed by atoms with E-state index in [1.54, 1.807) is 6.07 Å². The number of benzene rings is 2. The van der Waals surface area contributed by atoms with Crippen LogP contribution in [-0.2, 0) is 6.18 Å². The molecule has 0 spiro atoms. The molecule has 1 N–H and O–H groups in total. The second kappa shape index (κ2) is 6.82. The van der Waals surface area contributed by atoms with E-state index in [4.69, 9.17) is 9.47 Å². The van der Waals surface area contributed by atoms with Crippen molar-refractivity contribution in [1.82, 2.24) is 0 Å². The first kappa shape index (κ1) is 17.7. The Kier molecular flexibility index (Phi) is 5.02. The van der Waals surface area contributed by atoms with Crippen molar-refractivity contribution in [3.8, 4) is 11.5 Å². The molecule has 0 aliphatic rings. The first-order chi connectivity index (χ1) is 11.3. The molecule has 0 saturated heterocycles. The summed E-state index contributed by atoms with van der Waals surface area (Å²) < 4.78 is 49.0. The summed E-state index contributed by atoms with van der Waals surface area (Å²) in [5.41, 5.74) is -0.395. The van der Waals surface area contributed by atoms with Crippen molar-refractivity contribution in [3.63, 3.8) is 0 Å². The maximum atomic E-state index is 12.9. The highest BCUT2D eigenvalue weighted by atomic mass is 19.4. The predicted molar refractivity (Wildman–Crippen MR) is 83.7 cm³/mol. The van der Waals surface area contributed by atoms with Gasteiger partial charge >= 0.3 is 6.18 Å². The fraction of sp³-hybridized carbons (Fsp3) is 0.235. The van der Waals surface area contributed by atoms with Gasteiger partial charge in [0.15, 0.2) is 11.5 Å². The fourth-order valence-electron chi connectivity index (χ4n) is 2.19. The normalized spacial score (nSPS) is 11.1. The topological polar surface area (TPSA) is 47.6 Å². The largest absolute Gasteiger partial charge is 0.493 e. The third-order valence-corrected chi connectivity index (χ3v) is 3.45. The van der Waals surface area contributed by atoms with Crippen molar-refractivity contribution >= 4 is 11.6 Å². The third-order valence-electron chi connectivity index (χ3n) is 3.45. The van der Waals surface area contributed by atoms with Gasteiger partial charge in [-0.25, -0.2) is 0 Å². The molecule has 2 aromatic carbocycles. The van der Waals surface area contributed by atoms with Crippen LogP contribution in [-0.4, -0.2) is 20.1 Å². The molecule has 2 aromatic rings. The van der Waals surface area contributed by atoms with Gasteiger partial charge < -0.3 is 14.8 Å². The molecule has 128 valence electrons. The van der Waals surface area contributed by atoms with Crippen LogP contribution in [0.2, 0.25) is 0 Å². The van der Waals surface area contributed by atoms with E-state index < -0.39 is 17.6 Å². The van der Waals surface area contributed by atoms with Crippen LogP contribution in [0, 0.1) is 6.92 Å². The first-order valence-electron chi connectivity index (χ1n) is 6.97. The number of amides is 1. The number of hydrogen-bond donors (Lipinski definition) is 1. The van der Waals surface area contributed by atoms with E-state index >= 15 is 0 Å². The van der Waals surface area contributed by atoms with Crippen LogP contribution in [0.4, 0.5) is 18.9 Å². The minimum Gasteiger partial charge on any atom is -0.493 e. The molecular weight excluding hydrogens is 323 g/mol. The second-order valence-electron chi connectivity index (χ2n) is 5.05. The number of halogens is 3. The summed E-state index contributed by atoms with van der Waals surface area (Å²) in [4.78, 5) is 12.2. The first-order valence-corrected chi connectivity index (χ1v) is 6.97. The molecule has 4 nitrogen and oxygen atoms in total. The third kappa shape index (κ3) is 3.79. The number of rotatable bonds is 4. The van der Waals surface area contributed by atoms with Gasteiger partial charge in [-0.1, -0.05) is 6.07 Å². The van der Waals surface area contributed by atoms with Gasteiger partial charge in [0.25, 0.3) is 5.91 Å². The number of methoxy groups -OCH3 is 2. The van der Waals surface area contributed by atoms with Gasteiger partial charge in [0.2, 0.25) is 0 Å². The highest BCUT2D eigenvalue weighted by molar-refractivity contribution is 6.04. The average Bonchev–Trinajstić information content (AvgIpc) is 2.54. The number of alkyl halides is 3. The molecule has 0 aliphatic heterocycles. The number of hydrogen-bond acceptors (Lipinski definition) is 3. The summed E-state index contributed by atoms with van der Waals surface area (Å²) >= 11 is 0. The van der Waals surface area contributed by atoms with Crippen LogP contribution < -0.4 is 14.8 Å². The van der Waals surface area contributed by atoms with E-state index in [0.717, 1.165) is 6.07 Å². The number of nitrogens with one attached hydrogen (secondary N) is 1. The van der Waals surface area contributed by atoms with E-state index in [-0.39, 0.29) is 16.8 Å². The highest BCUT2D eigenvalue weighted by Gasteiger charge is 2.32. The minimum atomic E-state index is -4.48. The van der Waals surface area contributed by atoms with E-state index in [9.17, 15) is 18.0 Å². The van der Waals surface area contributed by atoms with Crippen molar-refractivity contribution in [2.45, 2.75) is 13.1 Å². The van der Waals surface area contributed by atoms with Gasteiger partial charge in [-0.2, -0.15) is 13.2 Å². The predicted octanol–water partition coefficient (Wildman–Crippen LogP) is 4.28. The summed E-state index contributed by atoms with van der Waals surface area (Å²) in [5, 5.41) is 2.45. The van der Waals surface area contributed by atoms with Crippen LogP contribution in [0.25, 0.3) is 0 Å². The lowest BCUT2D eigenvalue weighted by molar-refractivity contribution is -0.138. The summed E-state index contributed by atoms with van der Waals surface area (Å²) in [5.74, 6) is 0.252. The Morgan fingerprint density at radius 1 is 1.00 bits per heavy atom. The zero-order valence-electron chi connectivity index (χ0n) is 13.3. The molecule has 0 aliphatic carbocycles. The number of carbonyl (C=O) groups is 1. The van der Waals surface area contributed by atoms with Gasteiger partial charge in [0.1, 0.15) is 0 Å². The van der Waals surface area contributed by atoms with E-state index in [1.165, 1.54) is 45.4 Å². The van der Waals surface area contributed by atoms with Gasteiger partial charge in [0.05, 0.1) is 19.8 Å². The Hall–Kier alpha value is -2.70. The molecule has 0 unspecified atom stereocenters. The van der Waals surface area contributed by atoms with Crippen molar-refractivity contribution in [2.24, 2.45) is 0 Å². The van der Waals surface area contributed by atoms with Crippen LogP contribution in [0.15, 0.2) is 36.4 Å². The van der Waals surface area contributed by atoms with Crippen molar-refractivity contribution < 1.29 is 27.4 Å². The Balaban J connectivity index is 2.27. The molecule has 0 heterocycles. The molecule has 0 radical (unpaired) electrons. The zero-order chi connectivity index (χ0) is 17.9. The monoisotopic (exact) mass is 339 g/mol. The molecule has 0 aromatic heterocycles. The molecule has 7 heteroatoms. The maximum absolute atomic E-state index is 12.9. The molecule has 1 amide bonds. The maximum Gasteiger partial charge on any atom is 0.416 e. The highest BCUT2D eigenvalue weighted by Crippen LogP contribution is 2.33. The van der Waals surface area contributed by atoms with Crippen LogP contribution >= 0.6 is 0 Å². The SMILES string of the molecule is COc1ccc(C(=O)Nc2ccc(C)c(C(F)(F)F)c2)cc1OC. The standard InChI is InChI=1S/C17H16F3NO3/c1-10-4-6-12(9-13(10)17(18,19)20)21-16(22)11-5-7-14(23-2)15(8-11)24-3/h4-9H,1-3H3,(H,21,22). The summed E-state index contributed by atoms with van der Waals surface area (Å²) in [6, 6.07) is 8.14. The lowest BCUT2D eigenvalue weighted by atomic mass is 10.1. The summed E-state index contributed by atoms with van der Waals surface area (Å²) in [7, 11) is 2.89. The van der Waals surface area contributed by atoms with Crippen molar-refractivity contribution in [3.05, 3.63) is 53.1 Å². The molecule has 24 heavy (non-hydrogen) atoms. The average molecular weight is 339 g/mol. The van der Waals surface area contributed by atoms with E-state index in [2.05, 4.69) is 5.32 Å². The Morgan fingerprint density at radius 2 is 1.67 bits per heavy atom. The Morgan fingerprint density at radius 3 is 2.25 bits per heavy atom. The fourth-order valence-corrected chi connectivity index (χ4v) is 2.19. The van der Waals surface area contributed by atoms with Gasteiger partial charge in [-0.05, 0) is 42.8 Å². The smallest absolute Gasteiger partial charge is 0.416 e. The summed E-state index contributed by atoms with van der Waals surface area (Å²) in [6.45, 7) is 1.36. The quantitative estimate of drug-likeness (QED) is 0.904. The van der Waals surface area contributed by atoms with Crippen LogP contribution in [0.5, 0.6) is 11.5 Å². The minimum absolute atomic E-state index is 0.0627. The molecule has 0 saturated carbocycles. The lowest BCUT2D eigenvalue weighted by Crippen LogP contribution is -2.14. The zero-order valence-corrected chi connectivity index (χ0v) is 13.3. The number of anilines is 1. The van der Waals surface area contributed by atoms with Crippen molar-refractivity contribution in [2.75, 3.05) is 19.5 Å². The molecule has 0 bridgehead atoms. The van der Waals surface area contributed by atoms with Gasteiger partial charge in [-0.15, -0.1) is 0 Å². The second-order valence-corrected chi connectivity index (χ2v) is 5.05. The molecule has 2 rings (SSSR count). The Bertz CT molecular complexity index is 757. The molecular formula is C17H16F3NO3. The number of ether oxygens (including phenoxy) is 2. The Labute approximate surface area is 137 Å². The van der Waals surface area contributed by atoms with Gasteiger partial charge in [0, 0.05) is 11.3 Å². The number of aryl methyl sites for hydroxylation is 1. The molecule has 0 fully saturated rings. The van der Waals surface area contributed by atoms with Crippen molar-refractivity contribution in [1.29, 1.82) is 0 Å². The van der Waals surface area contributed by atoms with E-state index in [0.29, 0.717) is 11.5 Å². The number of carbonyl (C=O) groups excluding carboxylic acids is 1. The molecule has 0 atom stereocenters. The van der Waals surface area contributed by atoms with Gasteiger partial charge in [-0.3, -0.25) is 4.79 Å². The lowest BCUT2D eigenvalue weighted by Gasteiger charge is -2.13. The van der Waals surface area contributed by atoms with Crippen LogP contribution in [0.1, 0.15) is 21.5 Å². The van der Waals surface area contributed by atoms with E-state index in [1.807, 2.05) is 0 Å². The van der Waals surface area contributed by atoms with Crippen LogP contribution in [0.3, 0.4) is 0 Å².